The molecule has 5 nitrogen and oxygen atoms in total. The summed E-state index contributed by atoms with van der Waals surface area (Å²) in [5, 5.41) is 2.95. The van der Waals surface area contributed by atoms with Crippen LogP contribution in [-0.2, 0) is 16.0 Å². The molecule has 2 amide bonds. The number of nitrogens with zero attached hydrogens (tertiary/aromatic N) is 1. The van der Waals surface area contributed by atoms with Gasteiger partial charge in [-0.1, -0.05) is 36.8 Å². The van der Waals surface area contributed by atoms with E-state index in [-0.39, 0.29) is 11.8 Å². The number of nitrogens with one attached hydrogen (secondary N) is 1. The third-order valence-corrected chi connectivity index (χ3v) is 4.84. The average Bonchev–Trinajstić information content (AvgIpc) is 2.72. The van der Waals surface area contributed by atoms with Crippen molar-refractivity contribution in [2.75, 3.05) is 23.4 Å². The smallest absolute Gasteiger partial charge is 0.236 e. The van der Waals surface area contributed by atoms with Crippen molar-refractivity contribution in [3.63, 3.8) is 0 Å². The van der Waals surface area contributed by atoms with Gasteiger partial charge in [0.25, 0.3) is 0 Å². The van der Waals surface area contributed by atoms with Gasteiger partial charge in [0.1, 0.15) is 12.4 Å². The number of hydrogen-bond acceptors (Lipinski definition) is 3. The molecule has 1 heterocycles. The van der Waals surface area contributed by atoms with Crippen LogP contribution in [0.2, 0.25) is 0 Å². The Morgan fingerprint density at radius 1 is 1.21 bits per heavy atom. The van der Waals surface area contributed by atoms with Crippen LogP contribution in [0.1, 0.15) is 38.3 Å². The van der Waals surface area contributed by atoms with Crippen molar-refractivity contribution in [2.45, 2.75) is 40.5 Å². The first kappa shape index (κ1) is 19.9. The fraction of sp³-hybridized carbons (Fsp3) is 0.391. The van der Waals surface area contributed by atoms with Crippen LogP contribution in [0.4, 0.5) is 11.4 Å². The van der Waals surface area contributed by atoms with E-state index in [2.05, 4.69) is 5.32 Å². The van der Waals surface area contributed by atoms with Gasteiger partial charge in [-0.05, 0) is 51.0 Å². The maximum Gasteiger partial charge on any atom is 0.236 e. The van der Waals surface area contributed by atoms with Gasteiger partial charge < -0.3 is 15.0 Å². The van der Waals surface area contributed by atoms with E-state index >= 15 is 0 Å². The molecule has 0 aromatic heterocycles. The van der Waals surface area contributed by atoms with Crippen LogP contribution in [0, 0.1) is 12.3 Å². The van der Waals surface area contributed by atoms with Crippen molar-refractivity contribution in [1.82, 2.24) is 0 Å². The Labute approximate surface area is 166 Å². The van der Waals surface area contributed by atoms with Crippen LogP contribution in [0.5, 0.6) is 5.75 Å². The number of hydrogen-bond donors (Lipinski definition) is 1. The van der Waals surface area contributed by atoms with Gasteiger partial charge in [0.2, 0.25) is 11.8 Å². The number of benzene rings is 2. The molecular weight excluding hydrogens is 352 g/mol. The molecule has 2 aromatic rings. The highest BCUT2D eigenvalue weighted by Gasteiger charge is 2.37. The van der Waals surface area contributed by atoms with Gasteiger partial charge in [-0.15, -0.1) is 0 Å². The molecule has 3 rings (SSSR count). The lowest BCUT2D eigenvalue weighted by Gasteiger charge is -2.27. The molecule has 0 radical (unpaired) electrons. The Hall–Kier alpha value is -2.82. The monoisotopic (exact) mass is 380 g/mol. The van der Waals surface area contributed by atoms with Gasteiger partial charge in [-0.25, -0.2) is 0 Å². The topological polar surface area (TPSA) is 58.6 Å². The Bertz CT molecular complexity index is 889. The second-order valence-electron chi connectivity index (χ2n) is 8.03. The maximum atomic E-state index is 13.0. The summed E-state index contributed by atoms with van der Waals surface area (Å²) in [4.78, 5) is 27.2. The first-order valence-corrected chi connectivity index (χ1v) is 9.74. The second-order valence-corrected chi connectivity index (χ2v) is 8.03. The number of carbonyl (C=O) groups is 2. The van der Waals surface area contributed by atoms with E-state index in [4.69, 9.17) is 4.74 Å². The number of carbonyl (C=O) groups excluding carboxylic acids is 2. The largest absolute Gasteiger partial charge is 0.490 e. The molecule has 0 atom stereocenters. The Morgan fingerprint density at radius 2 is 2.00 bits per heavy atom. The maximum absolute atomic E-state index is 13.0. The second kappa shape index (κ2) is 8.05. The van der Waals surface area contributed by atoms with E-state index in [1.54, 1.807) is 4.90 Å². The number of amides is 2. The molecule has 1 aliphatic heterocycles. The fourth-order valence-electron chi connectivity index (χ4n) is 3.38. The first-order chi connectivity index (χ1) is 13.3. The lowest BCUT2D eigenvalue weighted by molar-refractivity contribution is -0.127. The zero-order valence-corrected chi connectivity index (χ0v) is 17.0. The third kappa shape index (κ3) is 4.35. The van der Waals surface area contributed by atoms with Crippen molar-refractivity contribution in [1.29, 1.82) is 0 Å². The Kier molecular flexibility index (Phi) is 5.73. The Morgan fingerprint density at radius 3 is 2.71 bits per heavy atom. The number of aryl methyl sites for hydroxylation is 1. The van der Waals surface area contributed by atoms with Crippen molar-refractivity contribution >= 4 is 23.2 Å². The van der Waals surface area contributed by atoms with Gasteiger partial charge in [0.15, 0.2) is 0 Å². The summed E-state index contributed by atoms with van der Waals surface area (Å²) in [6, 6.07) is 13.4. The number of anilines is 2. The van der Waals surface area contributed by atoms with E-state index in [9.17, 15) is 9.59 Å². The summed E-state index contributed by atoms with van der Waals surface area (Å²) in [7, 11) is 0. The summed E-state index contributed by atoms with van der Waals surface area (Å²) < 4.78 is 5.90. The van der Waals surface area contributed by atoms with Crippen molar-refractivity contribution in [3.05, 3.63) is 53.6 Å². The molecular formula is C23H28N2O3. The van der Waals surface area contributed by atoms with E-state index in [1.807, 2.05) is 70.2 Å². The van der Waals surface area contributed by atoms with Crippen molar-refractivity contribution in [3.8, 4) is 5.75 Å². The molecule has 1 aliphatic rings. The van der Waals surface area contributed by atoms with Crippen LogP contribution in [0.3, 0.4) is 0 Å². The van der Waals surface area contributed by atoms with Crippen molar-refractivity contribution in [2.24, 2.45) is 5.41 Å². The molecule has 0 saturated carbocycles. The van der Waals surface area contributed by atoms with E-state index in [0.717, 1.165) is 17.5 Å². The highest BCUT2D eigenvalue weighted by Crippen LogP contribution is 2.38. The minimum Gasteiger partial charge on any atom is -0.490 e. The molecule has 5 heteroatoms. The summed E-state index contributed by atoms with van der Waals surface area (Å²) >= 11 is 0. The summed E-state index contributed by atoms with van der Waals surface area (Å²) in [6.07, 6.45) is 1.14. The SMILES string of the molecule is CCCN1C(=O)C(C)(C)COc2ccc(NC(=O)Cc3cccc(C)c3)cc21. The quantitative estimate of drug-likeness (QED) is 0.839. The molecule has 1 N–H and O–H groups in total. The minimum absolute atomic E-state index is 0.0383. The standard InChI is InChI=1S/C23H28N2O3/c1-5-11-25-19-14-18(9-10-20(19)28-15-23(3,4)22(25)27)24-21(26)13-17-8-6-7-16(2)12-17/h6-10,12,14H,5,11,13,15H2,1-4H3,(H,24,26). The van der Waals surface area contributed by atoms with E-state index < -0.39 is 5.41 Å². The van der Waals surface area contributed by atoms with Crippen LogP contribution in [0.15, 0.2) is 42.5 Å². The van der Waals surface area contributed by atoms with Gasteiger partial charge in [0.05, 0.1) is 17.5 Å². The summed E-state index contributed by atoms with van der Waals surface area (Å²) in [5.74, 6) is 0.620. The molecule has 0 saturated heterocycles. The van der Waals surface area contributed by atoms with Crippen LogP contribution in [-0.4, -0.2) is 25.0 Å². The van der Waals surface area contributed by atoms with Crippen LogP contribution >= 0.6 is 0 Å². The Balaban J connectivity index is 1.83. The fourth-order valence-corrected chi connectivity index (χ4v) is 3.38. The lowest BCUT2D eigenvalue weighted by Crippen LogP contribution is -2.42. The lowest BCUT2D eigenvalue weighted by atomic mass is 9.93. The molecule has 0 aliphatic carbocycles. The third-order valence-electron chi connectivity index (χ3n) is 4.84. The van der Waals surface area contributed by atoms with Gasteiger partial charge in [-0.2, -0.15) is 0 Å². The highest BCUT2D eigenvalue weighted by atomic mass is 16.5. The molecule has 0 bridgehead atoms. The predicted octanol–water partition coefficient (Wildman–Crippen LogP) is 4.34. The molecule has 2 aromatic carbocycles. The van der Waals surface area contributed by atoms with E-state index in [0.29, 0.717) is 36.7 Å². The number of ether oxygens (including phenoxy) is 1. The molecule has 0 unspecified atom stereocenters. The van der Waals surface area contributed by atoms with Crippen LogP contribution in [0.25, 0.3) is 0 Å². The van der Waals surface area contributed by atoms with Crippen LogP contribution < -0.4 is 15.0 Å². The van der Waals surface area contributed by atoms with Gasteiger partial charge in [-0.3, -0.25) is 9.59 Å². The molecule has 0 spiro atoms. The number of fused-ring (bicyclic) bond motifs is 1. The number of rotatable bonds is 5. The summed E-state index contributed by atoms with van der Waals surface area (Å²) in [6.45, 7) is 8.79. The minimum atomic E-state index is -0.594. The zero-order valence-electron chi connectivity index (χ0n) is 17.0. The first-order valence-electron chi connectivity index (χ1n) is 9.74. The molecule has 0 fully saturated rings. The van der Waals surface area contributed by atoms with Gasteiger partial charge in [0, 0.05) is 12.2 Å². The average molecular weight is 380 g/mol. The van der Waals surface area contributed by atoms with Gasteiger partial charge >= 0.3 is 0 Å². The summed E-state index contributed by atoms with van der Waals surface area (Å²) in [5.41, 5.74) is 2.88. The van der Waals surface area contributed by atoms with E-state index in [1.165, 1.54) is 0 Å². The molecule has 28 heavy (non-hydrogen) atoms. The normalized spacial score (nSPS) is 15.4. The highest BCUT2D eigenvalue weighted by molar-refractivity contribution is 6.00. The van der Waals surface area contributed by atoms with Crippen molar-refractivity contribution < 1.29 is 14.3 Å². The molecule has 148 valence electrons. The zero-order chi connectivity index (χ0) is 20.3. The predicted molar refractivity (Wildman–Crippen MR) is 112 cm³/mol.